The number of rotatable bonds is 4. The lowest BCUT2D eigenvalue weighted by Crippen LogP contribution is -2.18. The molecule has 0 fully saturated rings. The van der Waals surface area contributed by atoms with Crippen LogP contribution in [0.15, 0.2) is 48.5 Å². The number of non-ortho nitro benzene ring substituents is 1. The minimum atomic E-state index is -0.327. The number of hydrogen-bond acceptors (Lipinski definition) is 3. The van der Waals surface area contributed by atoms with Crippen LogP contribution < -0.4 is 5.32 Å². The molecule has 0 radical (unpaired) electrons. The summed E-state index contributed by atoms with van der Waals surface area (Å²) >= 11 is 0. The van der Waals surface area contributed by atoms with Crippen LogP contribution in [0.5, 0.6) is 0 Å². The van der Waals surface area contributed by atoms with Gasteiger partial charge in [0.2, 0.25) is 0 Å². The molecule has 1 N–H and O–H groups in total. The lowest BCUT2D eigenvalue weighted by Gasteiger charge is -2.14. The summed E-state index contributed by atoms with van der Waals surface area (Å²) in [6.07, 6.45) is 1.99. The van der Waals surface area contributed by atoms with E-state index in [0.29, 0.717) is 0 Å². The molecule has 2 aromatic carbocycles. The van der Waals surface area contributed by atoms with Crippen molar-refractivity contribution in [3.63, 3.8) is 0 Å². The summed E-state index contributed by atoms with van der Waals surface area (Å²) in [6, 6.07) is 15.6. The first-order chi connectivity index (χ1) is 9.74. The van der Waals surface area contributed by atoms with Gasteiger partial charge in [0.1, 0.15) is 0 Å². The van der Waals surface area contributed by atoms with Crippen molar-refractivity contribution in [1.82, 2.24) is 5.32 Å². The Hall–Kier alpha value is -2.20. The van der Waals surface area contributed by atoms with Gasteiger partial charge < -0.3 is 5.32 Å². The second-order valence-corrected chi connectivity index (χ2v) is 5.10. The summed E-state index contributed by atoms with van der Waals surface area (Å²) in [7, 11) is 0. The largest absolute Gasteiger partial charge is 0.306 e. The standard InChI is InChI=1S/C16H16N2O2/c19-18(20)14-8-6-13-7-9-16(15(13)10-14)17-11-12-4-2-1-3-5-12/h1-6,8,10,16-17H,7,9,11H2. The number of hydrogen-bond donors (Lipinski definition) is 1. The second kappa shape index (κ2) is 5.43. The van der Waals surface area contributed by atoms with Gasteiger partial charge in [0.05, 0.1) is 4.92 Å². The Morgan fingerprint density at radius 1 is 1.20 bits per heavy atom. The van der Waals surface area contributed by atoms with Crippen molar-refractivity contribution in [2.75, 3.05) is 0 Å². The van der Waals surface area contributed by atoms with E-state index in [1.165, 1.54) is 11.1 Å². The van der Waals surface area contributed by atoms with E-state index in [1.54, 1.807) is 12.1 Å². The van der Waals surface area contributed by atoms with Gasteiger partial charge in [-0.1, -0.05) is 36.4 Å². The van der Waals surface area contributed by atoms with E-state index >= 15 is 0 Å². The van der Waals surface area contributed by atoms with Crippen molar-refractivity contribution in [3.8, 4) is 0 Å². The molecular weight excluding hydrogens is 252 g/mol. The maximum Gasteiger partial charge on any atom is 0.269 e. The first-order valence-electron chi connectivity index (χ1n) is 6.78. The molecule has 0 bridgehead atoms. The van der Waals surface area contributed by atoms with Crippen LogP contribution in [0.1, 0.15) is 29.2 Å². The van der Waals surface area contributed by atoms with Crippen LogP contribution in [0.2, 0.25) is 0 Å². The van der Waals surface area contributed by atoms with Gasteiger partial charge in [-0.15, -0.1) is 0 Å². The average Bonchev–Trinajstić information content (AvgIpc) is 2.88. The lowest BCUT2D eigenvalue weighted by atomic mass is 10.1. The van der Waals surface area contributed by atoms with Crippen LogP contribution in [0.3, 0.4) is 0 Å². The monoisotopic (exact) mass is 268 g/mol. The minimum absolute atomic E-state index is 0.178. The number of nitro benzene ring substituents is 1. The summed E-state index contributed by atoms with van der Waals surface area (Å²) in [5.41, 5.74) is 3.71. The van der Waals surface area contributed by atoms with E-state index in [-0.39, 0.29) is 16.7 Å². The number of nitrogens with one attached hydrogen (secondary N) is 1. The quantitative estimate of drug-likeness (QED) is 0.683. The van der Waals surface area contributed by atoms with Gasteiger partial charge in [-0.2, -0.15) is 0 Å². The zero-order valence-electron chi connectivity index (χ0n) is 11.1. The van der Waals surface area contributed by atoms with E-state index in [9.17, 15) is 10.1 Å². The summed E-state index contributed by atoms with van der Waals surface area (Å²) < 4.78 is 0. The van der Waals surface area contributed by atoms with E-state index in [0.717, 1.165) is 24.9 Å². The number of fused-ring (bicyclic) bond motifs is 1. The normalized spacial score (nSPS) is 16.9. The molecule has 0 amide bonds. The van der Waals surface area contributed by atoms with E-state index in [1.807, 2.05) is 24.3 Å². The van der Waals surface area contributed by atoms with Crippen LogP contribution in [0.4, 0.5) is 5.69 Å². The van der Waals surface area contributed by atoms with Gasteiger partial charge in [0, 0.05) is 24.7 Å². The highest BCUT2D eigenvalue weighted by Crippen LogP contribution is 2.33. The Kier molecular flexibility index (Phi) is 3.48. The van der Waals surface area contributed by atoms with Gasteiger partial charge >= 0.3 is 0 Å². The SMILES string of the molecule is O=[N+]([O-])c1ccc2c(c1)C(NCc1ccccc1)CC2. The van der Waals surface area contributed by atoms with Gasteiger partial charge in [-0.3, -0.25) is 10.1 Å². The fraction of sp³-hybridized carbons (Fsp3) is 0.250. The first-order valence-corrected chi connectivity index (χ1v) is 6.78. The zero-order valence-corrected chi connectivity index (χ0v) is 11.1. The van der Waals surface area contributed by atoms with Crippen LogP contribution in [0.25, 0.3) is 0 Å². The van der Waals surface area contributed by atoms with Crippen LogP contribution >= 0.6 is 0 Å². The number of nitrogens with zero attached hydrogens (tertiary/aromatic N) is 1. The molecule has 0 saturated heterocycles. The molecule has 4 nitrogen and oxygen atoms in total. The summed E-state index contributed by atoms with van der Waals surface area (Å²) in [4.78, 5) is 10.5. The summed E-state index contributed by atoms with van der Waals surface area (Å²) in [5, 5.41) is 14.4. The van der Waals surface area contributed by atoms with E-state index < -0.39 is 0 Å². The molecule has 2 aromatic rings. The van der Waals surface area contributed by atoms with Crippen molar-refractivity contribution in [1.29, 1.82) is 0 Å². The van der Waals surface area contributed by atoms with Crippen LogP contribution in [-0.2, 0) is 13.0 Å². The third-order valence-electron chi connectivity index (χ3n) is 3.81. The maximum absolute atomic E-state index is 10.9. The molecule has 1 unspecified atom stereocenters. The Labute approximate surface area is 117 Å². The van der Waals surface area contributed by atoms with Gasteiger partial charge in [0.25, 0.3) is 5.69 Å². The van der Waals surface area contributed by atoms with Crippen molar-refractivity contribution in [2.24, 2.45) is 0 Å². The fourth-order valence-electron chi connectivity index (χ4n) is 2.75. The van der Waals surface area contributed by atoms with E-state index in [2.05, 4.69) is 17.4 Å². The maximum atomic E-state index is 10.9. The molecule has 20 heavy (non-hydrogen) atoms. The van der Waals surface area contributed by atoms with E-state index in [4.69, 9.17) is 0 Å². The van der Waals surface area contributed by atoms with Gasteiger partial charge in [-0.25, -0.2) is 0 Å². The fourth-order valence-corrected chi connectivity index (χ4v) is 2.75. The summed E-state index contributed by atoms with van der Waals surface area (Å²) in [6.45, 7) is 0.785. The van der Waals surface area contributed by atoms with Crippen molar-refractivity contribution < 1.29 is 4.92 Å². The van der Waals surface area contributed by atoms with Crippen molar-refractivity contribution >= 4 is 5.69 Å². The topological polar surface area (TPSA) is 55.2 Å². The average molecular weight is 268 g/mol. The Morgan fingerprint density at radius 2 is 2.00 bits per heavy atom. The second-order valence-electron chi connectivity index (χ2n) is 5.10. The molecule has 0 saturated carbocycles. The van der Waals surface area contributed by atoms with Crippen molar-refractivity contribution in [3.05, 3.63) is 75.3 Å². The van der Waals surface area contributed by atoms with Crippen molar-refractivity contribution in [2.45, 2.75) is 25.4 Å². The molecule has 1 aliphatic rings. The van der Waals surface area contributed by atoms with Crippen LogP contribution in [-0.4, -0.2) is 4.92 Å². The molecule has 3 rings (SSSR count). The number of aryl methyl sites for hydroxylation is 1. The number of nitro groups is 1. The highest BCUT2D eigenvalue weighted by molar-refractivity contribution is 5.44. The molecule has 0 aromatic heterocycles. The third kappa shape index (κ3) is 2.56. The lowest BCUT2D eigenvalue weighted by molar-refractivity contribution is -0.384. The van der Waals surface area contributed by atoms with Gasteiger partial charge in [-0.05, 0) is 29.5 Å². The Morgan fingerprint density at radius 3 is 2.75 bits per heavy atom. The molecular formula is C16H16N2O2. The zero-order chi connectivity index (χ0) is 13.9. The predicted molar refractivity (Wildman–Crippen MR) is 77.4 cm³/mol. The molecule has 0 spiro atoms. The number of benzene rings is 2. The highest BCUT2D eigenvalue weighted by atomic mass is 16.6. The minimum Gasteiger partial charge on any atom is -0.306 e. The molecule has 1 aliphatic carbocycles. The first kappa shape index (κ1) is 12.8. The summed E-state index contributed by atoms with van der Waals surface area (Å²) in [5.74, 6) is 0. The van der Waals surface area contributed by atoms with Crippen LogP contribution in [0, 0.1) is 10.1 Å². The van der Waals surface area contributed by atoms with Gasteiger partial charge in [0.15, 0.2) is 0 Å². The molecule has 102 valence electrons. The molecule has 4 heteroatoms. The highest BCUT2D eigenvalue weighted by Gasteiger charge is 2.24. The smallest absolute Gasteiger partial charge is 0.269 e. The predicted octanol–water partition coefficient (Wildman–Crippen LogP) is 3.37. The molecule has 0 heterocycles. The molecule has 1 atom stereocenters. The third-order valence-corrected chi connectivity index (χ3v) is 3.81. The Balaban J connectivity index is 1.75. The Bertz CT molecular complexity index is 626. The molecule has 0 aliphatic heterocycles.